The van der Waals surface area contributed by atoms with E-state index in [0.29, 0.717) is 44.9 Å². The zero-order valence-electron chi connectivity index (χ0n) is 11.3. The van der Waals surface area contributed by atoms with E-state index < -0.39 is 10.2 Å². The normalized spacial score (nSPS) is 25.1. The van der Waals surface area contributed by atoms with Crippen LogP contribution in [0.3, 0.4) is 0 Å². The molecule has 0 bridgehead atoms. The van der Waals surface area contributed by atoms with Gasteiger partial charge in [0.25, 0.3) is 10.2 Å². The van der Waals surface area contributed by atoms with Crippen LogP contribution >= 0.6 is 0 Å². The van der Waals surface area contributed by atoms with Gasteiger partial charge in [-0.2, -0.15) is 17.0 Å². The minimum absolute atomic E-state index is 0.0645. The van der Waals surface area contributed by atoms with E-state index in [1.807, 2.05) is 0 Å². The molecule has 108 valence electrons. The highest BCUT2D eigenvalue weighted by Crippen LogP contribution is 2.23. The van der Waals surface area contributed by atoms with Gasteiger partial charge in [-0.3, -0.25) is 0 Å². The highest BCUT2D eigenvalue weighted by Gasteiger charge is 2.34. The molecule has 0 atom stereocenters. The van der Waals surface area contributed by atoms with Crippen LogP contribution in [0, 0.1) is 5.92 Å². The van der Waals surface area contributed by atoms with E-state index in [9.17, 15) is 13.2 Å². The first-order valence-electron chi connectivity index (χ1n) is 6.86. The van der Waals surface area contributed by atoms with Crippen molar-refractivity contribution in [2.24, 2.45) is 10.9 Å². The second kappa shape index (κ2) is 6.13. The van der Waals surface area contributed by atoms with Crippen molar-refractivity contribution in [3.63, 3.8) is 0 Å². The number of piperidine rings is 2. The maximum Gasteiger partial charge on any atom is 0.281 e. The Balaban J connectivity index is 1.95. The Hall–Kier alpha value is -0.750. The van der Waals surface area contributed by atoms with E-state index in [0.717, 1.165) is 12.8 Å². The molecule has 2 heterocycles. The second-order valence-electron chi connectivity index (χ2n) is 5.44. The number of aliphatic imine (C=N–C) groups is 1. The number of nitrogens with zero attached hydrogens (tertiary/aromatic N) is 3. The van der Waals surface area contributed by atoms with E-state index in [2.05, 4.69) is 11.9 Å². The third-order valence-electron chi connectivity index (χ3n) is 4.05. The fourth-order valence-corrected chi connectivity index (χ4v) is 4.33. The summed E-state index contributed by atoms with van der Waals surface area (Å²) in [7, 11) is -3.32. The Bertz CT molecular complexity index is 443. The molecule has 0 N–H and O–H groups in total. The average molecular weight is 287 g/mol. The molecule has 0 spiro atoms. The zero-order valence-corrected chi connectivity index (χ0v) is 12.1. The molecule has 0 aliphatic carbocycles. The zero-order chi connectivity index (χ0) is 13.9. The minimum Gasteiger partial charge on any atom is -0.211 e. The third-order valence-corrected chi connectivity index (χ3v) is 6.09. The highest BCUT2D eigenvalue weighted by molar-refractivity contribution is 7.86. The van der Waals surface area contributed by atoms with Crippen molar-refractivity contribution >= 4 is 16.3 Å². The first-order chi connectivity index (χ1) is 9.04. The van der Waals surface area contributed by atoms with Crippen LogP contribution in [0.4, 0.5) is 0 Å². The summed E-state index contributed by atoms with van der Waals surface area (Å²) in [6.07, 6.45) is 4.65. The molecule has 2 fully saturated rings. The van der Waals surface area contributed by atoms with Crippen LogP contribution in [-0.4, -0.2) is 55.3 Å². The average Bonchev–Trinajstić information content (AvgIpc) is 2.40. The summed E-state index contributed by atoms with van der Waals surface area (Å²) < 4.78 is 28.0. The number of rotatable bonds is 3. The van der Waals surface area contributed by atoms with Gasteiger partial charge in [-0.05, 0) is 31.6 Å². The van der Waals surface area contributed by atoms with Crippen LogP contribution in [0.1, 0.15) is 32.6 Å². The maximum atomic E-state index is 12.5. The van der Waals surface area contributed by atoms with Crippen molar-refractivity contribution in [2.45, 2.75) is 38.6 Å². The molecular weight excluding hydrogens is 266 g/mol. The lowest BCUT2D eigenvalue weighted by Gasteiger charge is -2.36. The van der Waals surface area contributed by atoms with E-state index >= 15 is 0 Å². The van der Waals surface area contributed by atoms with Gasteiger partial charge in [-0.15, -0.1) is 0 Å². The Morgan fingerprint density at radius 2 is 1.47 bits per heavy atom. The molecule has 0 unspecified atom stereocenters. The smallest absolute Gasteiger partial charge is 0.211 e. The van der Waals surface area contributed by atoms with Crippen molar-refractivity contribution in [3.05, 3.63) is 0 Å². The van der Waals surface area contributed by atoms with E-state index in [-0.39, 0.29) is 6.04 Å². The molecule has 2 aliphatic rings. The maximum absolute atomic E-state index is 12.5. The molecule has 0 aromatic heterocycles. The van der Waals surface area contributed by atoms with Crippen LogP contribution in [0.15, 0.2) is 4.99 Å². The van der Waals surface area contributed by atoms with E-state index in [1.165, 1.54) is 4.31 Å². The Kier molecular flexibility index (Phi) is 4.73. The lowest BCUT2D eigenvalue weighted by molar-refractivity contribution is 0.248. The molecule has 0 aromatic carbocycles. The van der Waals surface area contributed by atoms with Gasteiger partial charge in [0.15, 0.2) is 0 Å². The third kappa shape index (κ3) is 3.42. The standard InChI is InChI=1S/C12H21N3O3S/c1-11-2-6-14(7-3-11)19(17,18)15-8-4-12(5-9-15)13-10-16/h11-12H,2-9H2,1H3. The molecule has 0 saturated carbocycles. The Morgan fingerprint density at radius 1 is 1.00 bits per heavy atom. The largest absolute Gasteiger partial charge is 0.281 e. The lowest BCUT2D eigenvalue weighted by Crippen LogP contribution is -2.49. The van der Waals surface area contributed by atoms with Crippen molar-refractivity contribution in [1.29, 1.82) is 0 Å². The molecule has 6 nitrogen and oxygen atoms in total. The summed E-state index contributed by atoms with van der Waals surface area (Å²) in [5.41, 5.74) is 0. The summed E-state index contributed by atoms with van der Waals surface area (Å²) in [5.74, 6) is 0.610. The van der Waals surface area contributed by atoms with E-state index in [4.69, 9.17) is 0 Å². The van der Waals surface area contributed by atoms with Crippen LogP contribution in [0.2, 0.25) is 0 Å². The SMILES string of the molecule is CC1CCN(S(=O)(=O)N2CCC(N=C=O)CC2)CC1. The van der Waals surface area contributed by atoms with Gasteiger partial charge in [0, 0.05) is 26.2 Å². The fraction of sp³-hybridized carbons (Fsp3) is 0.917. The predicted octanol–water partition coefficient (Wildman–Crippen LogP) is 0.763. The van der Waals surface area contributed by atoms with E-state index in [1.54, 1.807) is 10.4 Å². The molecular formula is C12H21N3O3S. The number of hydrogen-bond acceptors (Lipinski definition) is 4. The molecule has 0 amide bonds. The fourth-order valence-electron chi connectivity index (χ4n) is 2.66. The van der Waals surface area contributed by atoms with Crippen molar-refractivity contribution in [2.75, 3.05) is 26.2 Å². The van der Waals surface area contributed by atoms with Crippen LogP contribution in [-0.2, 0) is 15.0 Å². The van der Waals surface area contributed by atoms with Crippen molar-refractivity contribution in [1.82, 2.24) is 8.61 Å². The second-order valence-corrected chi connectivity index (χ2v) is 7.37. The monoisotopic (exact) mass is 287 g/mol. The summed E-state index contributed by atoms with van der Waals surface area (Å²) in [4.78, 5) is 13.9. The summed E-state index contributed by atoms with van der Waals surface area (Å²) in [5, 5.41) is 0. The van der Waals surface area contributed by atoms with Gasteiger partial charge >= 0.3 is 0 Å². The van der Waals surface area contributed by atoms with Gasteiger partial charge in [0.05, 0.1) is 6.04 Å². The van der Waals surface area contributed by atoms with Gasteiger partial charge in [0.1, 0.15) is 0 Å². The quantitative estimate of drug-likeness (QED) is 0.568. The molecule has 2 saturated heterocycles. The number of carbonyl (C=O) groups excluding carboxylic acids is 1. The van der Waals surface area contributed by atoms with Crippen molar-refractivity contribution < 1.29 is 13.2 Å². The van der Waals surface area contributed by atoms with Gasteiger partial charge in [-0.1, -0.05) is 6.92 Å². The topological polar surface area (TPSA) is 70.1 Å². The molecule has 2 aliphatic heterocycles. The number of isocyanates is 1. The molecule has 19 heavy (non-hydrogen) atoms. The molecule has 7 heteroatoms. The van der Waals surface area contributed by atoms with Crippen LogP contribution in [0.25, 0.3) is 0 Å². The van der Waals surface area contributed by atoms with Gasteiger partial charge in [0.2, 0.25) is 6.08 Å². The Morgan fingerprint density at radius 3 is 1.95 bits per heavy atom. The molecule has 2 rings (SSSR count). The summed E-state index contributed by atoms with van der Waals surface area (Å²) >= 11 is 0. The Labute approximate surface area is 114 Å². The first-order valence-corrected chi connectivity index (χ1v) is 8.26. The number of hydrogen-bond donors (Lipinski definition) is 0. The van der Waals surface area contributed by atoms with Gasteiger partial charge < -0.3 is 0 Å². The van der Waals surface area contributed by atoms with Crippen LogP contribution < -0.4 is 0 Å². The predicted molar refractivity (Wildman–Crippen MR) is 71.6 cm³/mol. The lowest BCUT2D eigenvalue weighted by atomic mass is 10.0. The first kappa shape index (κ1) is 14.7. The van der Waals surface area contributed by atoms with Crippen molar-refractivity contribution in [3.8, 4) is 0 Å². The molecule has 0 radical (unpaired) electrons. The minimum atomic E-state index is -3.32. The summed E-state index contributed by atoms with van der Waals surface area (Å²) in [6.45, 7) is 4.30. The van der Waals surface area contributed by atoms with Crippen LogP contribution in [0.5, 0.6) is 0 Å². The summed E-state index contributed by atoms with van der Waals surface area (Å²) in [6, 6.07) is -0.0645. The molecule has 0 aromatic rings. The highest BCUT2D eigenvalue weighted by atomic mass is 32.2. The van der Waals surface area contributed by atoms with Gasteiger partial charge in [-0.25, -0.2) is 9.79 Å².